The fourth-order valence-electron chi connectivity index (χ4n) is 2.72. The van der Waals surface area contributed by atoms with E-state index in [0.29, 0.717) is 0 Å². The highest BCUT2D eigenvalue weighted by atomic mass is 32.2. The van der Waals surface area contributed by atoms with Crippen LogP contribution in [0.3, 0.4) is 0 Å². The second-order valence-electron chi connectivity index (χ2n) is 5.58. The van der Waals surface area contributed by atoms with Crippen LogP contribution >= 0.6 is 0 Å². The van der Waals surface area contributed by atoms with Gasteiger partial charge in [-0.2, -0.15) is 8.61 Å². The molecule has 3 rings (SSSR count). The molecule has 0 aliphatic carbocycles. The lowest BCUT2D eigenvalue weighted by Crippen LogP contribution is -2.50. The standard InChI is InChI=1S/C15H18N2O4S2/c1-22(18,19)16-8-10-17(11-9-16)23(20,21)15-7-6-13-4-2-3-5-14(13)12-15/h2-7,12H,8-11H2,1H3. The summed E-state index contributed by atoms with van der Waals surface area (Å²) in [5.74, 6) is 0. The van der Waals surface area contributed by atoms with Crippen molar-refractivity contribution in [3.63, 3.8) is 0 Å². The third kappa shape index (κ3) is 3.25. The van der Waals surface area contributed by atoms with Crippen LogP contribution < -0.4 is 0 Å². The van der Waals surface area contributed by atoms with Gasteiger partial charge in [-0.25, -0.2) is 16.8 Å². The zero-order valence-electron chi connectivity index (χ0n) is 12.7. The average Bonchev–Trinajstić information content (AvgIpc) is 2.53. The van der Waals surface area contributed by atoms with Crippen LogP contribution in [0, 0.1) is 0 Å². The largest absolute Gasteiger partial charge is 0.243 e. The number of piperazine rings is 1. The lowest BCUT2D eigenvalue weighted by molar-refractivity contribution is 0.274. The number of rotatable bonds is 3. The summed E-state index contributed by atoms with van der Waals surface area (Å²) < 4.78 is 51.2. The molecule has 0 amide bonds. The predicted octanol–water partition coefficient (Wildman–Crippen LogP) is 1.11. The van der Waals surface area contributed by atoms with E-state index >= 15 is 0 Å². The molecule has 1 saturated heterocycles. The first-order chi connectivity index (χ1) is 10.8. The fourth-order valence-corrected chi connectivity index (χ4v) is 5.00. The lowest BCUT2D eigenvalue weighted by Gasteiger charge is -2.32. The summed E-state index contributed by atoms with van der Waals surface area (Å²) in [5, 5.41) is 1.84. The first-order valence-corrected chi connectivity index (χ1v) is 10.5. The molecule has 1 aliphatic heterocycles. The van der Waals surface area contributed by atoms with Crippen molar-refractivity contribution >= 4 is 30.8 Å². The van der Waals surface area contributed by atoms with E-state index in [0.717, 1.165) is 17.0 Å². The summed E-state index contributed by atoms with van der Waals surface area (Å²) in [6.45, 7) is 0.710. The van der Waals surface area contributed by atoms with Crippen molar-refractivity contribution in [2.45, 2.75) is 4.90 Å². The number of sulfonamides is 2. The van der Waals surface area contributed by atoms with E-state index in [9.17, 15) is 16.8 Å². The van der Waals surface area contributed by atoms with Crippen molar-refractivity contribution in [1.29, 1.82) is 0 Å². The zero-order chi connectivity index (χ0) is 16.7. The molecule has 8 heteroatoms. The summed E-state index contributed by atoms with van der Waals surface area (Å²) in [6.07, 6.45) is 1.14. The maximum atomic E-state index is 12.7. The van der Waals surface area contributed by atoms with Gasteiger partial charge in [0.25, 0.3) is 0 Å². The van der Waals surface area contributed by atoms with Crippen LogP contribution in [0.1, 0.15) is 0 Å². The molecule has 0 bridgehead atoms. The Morgan fingerprint density at radius 2 is 1.35 bits per heavy atom. The second kappa shape index (κ2) is 5.86. The van der Waals surface area contributed by atoms with E-state index in [1.807, 2.05) is 24.3 Å². The van der Waals surface area contributed by atoms with Gasteiger partial charge in [0.05, 0.1) is 11.2 Å². The Balaban J connectivity index is 1.86. The van der Waals surface area contributed by atoms with Crippen molar-refractivity contribution in [3.05, 3.63) is 42.5 Å². The van der Waals surface area contributed by atoms with Crippen molar-refractivity contribution in [2.24, 2.45) is 0 Å². The first-order valence-electron chi connectivity index (χ1n) is 7.22. The van der Waals surface area contributed by atoms with Crippen molar-refractivity contribution in [1.82, 2.24) is 8.61 Å². The van der Waals surface area contributed by atoms with E-state index in [1.54, 1.807) is 18.2 Å². The molecule has 124 valence electrons. The monoisotopic (exact) mass is 354 g/mol. The van der Waals surface area contributed by atoms with Gasteiger partial charge in [0.15, 0.2) is 0 Å². The second-order valence-corrected chi connectivity index (χ2v) is 9.50. The van der Waals surface area contributed by atoms with Gasteiger partial charge in [-0.15, -0.1) is 0 Å². The van der Waals surface area contributed by atoms with Crippen molar-refractivity contribution < 1.29 is 16.8 Å². The van der Waals surface area contributed by atoms with Gasteiger partial charge >= 0.3 is 0 Å². The third-order valence-corrected chi connectivity index (χ3v) is 7.22. The molecule has 1 aliphatic rings. The van der Waals surface area contributed by atoms with Crippen LogP contribution in [0.2, 0.25) is 0 Å². The van der Waals surface area contributed by atoms with Crippen LogP contribution in [0.5, 0.6) is 0 Å². The topological polar surface area (TPSA) is 74.8 Å². The highest BCUT2D eigenvalue weighted by Crippen LogP contribution is 2.23. The molecule has 0 saturated carbocycles. The lowest BCUT2D eigenvalue weighted by atomic mass is 10.1. The molecule has 0 N–H and O–H groups in total. The normalized spacial score (nSPS) is 18.3. The van der Waals surface area contributed by atoms with Crippen LogP contribution in [-0.2, 0) is 20.0 Å². The Kier molecular flexibility index (Phi) is 4.18. The molecular weight excluding hydrogens is 336 g/mol. The van der Waals surface area contributed by atoms with Gasteiger partial charge in [0.1, 0.15) is 0 Å². The average molecular weight is 354 g/mol. The number of fused-ring (bicyclic) bond motifs is 1. The summed E-state index contributed by atoms with van der Waals surface area (Å²) in [6, 6.07) is 12.6. The van der Waals surface area contributed by atoms with E-state index in [-0.39, 0.29) is 31.1 Å². The summed E-state index contributed by atoms with van der Waals surface area (Å²) in [4.78, 5) is 0.240. The molecule has 0 radical (unpaired) electrons. The number of benzene rings is 2. The van der Waals surface area contributed by atoms with Gasteiger partial charge in [-0.1, -0.05) is 30.3 Å². The zero-order valence-corrected chi connectivity index (χ0v) is 14.3. The van der Waals surface area contributed by atoms with Gasteiger partial charge < -0.3 is 0 Å². The Hall–Kier alpha value is -1.48. The van der Waals surface area contributed by atoms with E-state index < -0.39 is 20.0 Å². The summed E-state index contributed by atoms with van der Waals surface area (Å²) >= 11 is 0. The Morgan fingerprint density at radius 1 is 0.783 bits per heavy atom. The fraction of sp³-hybridized carbons (Fsp3) is 0.333. The Morgan fingerprint density at radius 3 is 1.96 bits per heavy atom. The molecule has 1 heterocycles. The van der Waals surface area contributed by atoms with Crippen LogP contribution in [0.25, 0.3) is 10.8 Å². The molecule has 2 aromatic carbocycles. The molecular formula is C15H18N2O4S2. The predicted molar refractivity (Wildman–Crippen MR) is 89.1 cm³/mol. The number of hydrogen-bond donors (Lipinski definition) is 0. The van der Waals surface area contributed by atoms with Gasteiger partial charge in [0.2, 0.25) is 20.0 Å². The smallest absolute Gasteiger partial charge is 0.213 e. The van der Waals surface area contributed by atoms with E-state index in [1.165, 1.54) is 8.61 Å². The highest BCUT2D eigenvalue weighted by molar-refractivity contribution is 7.89. The SMILES string of the molecule is CS(=O)(=O)N1CCN(S(=O)(=O)c2ccc3ccccc3c2)CC1. The quantitative estimate of drug-likeness (QED) is 0.827. The molecule has 2 aromatic rings. The molecule has 0 aromatic heterocycles. The van der Waals surface area contributed by atoms with Crippen LogP contribution in [0.15, 0.2) is 47.4 Å². The minimum absolute atomic E-state index is 0.169. The molecule has 0 spiro atoms. The van der Waals surface area contributed by atoms with Gasteiger partial charge in [-0.05, 0) is 22.9 Å². The first kappa shape index (κ1) is 16.4. The third-order valence-electron chi connectivity index (χ3n) is 4.03. The summed E-state index contributed by atoms with van der Waals surface area (Å²) in [5.41, 5.74) is 0. The van der Waals surface area contributed by atoms with Crippen LogP contribution in [-0.4, -0.2) is 57.9 Å². The van der Waals surface area contributed by atoms with Gasteiger partial charge in [-0.3, -0.25) is 0 Å². The molecule has 1 fully saturated rings. The van der Waals surface area contributed by atoms with E-state index in [4.69, 9.17) is 0 Å². The number of nitrogens with zero attached hydrogens (tertiary/aromatic N) is 2. The maximum Gasteiger partial charge on any atom is 0.243 e. The van der Waals surface area contributed by atoms with Crippen LogP contribution in [0.4, 0.5) is 0 Å². The minimum atomic E-state index is -3.61. The molecule has 6 nitrogen and oxygen atoms in total. The molecule has 0 unspecified atom stereocenters. The molecule has 23 heavy (non-hydrogen) atoms. The molecule has 0 atom stereocenters. The Labute approximate surface area is 136 Å². The summed E-state index contributed by atoms with van der Waals surface area (Å²) in [7, 11) is -6.89. The Bertz CT molecular complexity index is 931. The van der Waals surface area contributed by atoms with Crippen molar-refractivity contribution in [2.75, 3.05) is 32.4 Å². The van der Waals surface area contributed by atoms with Gasteiger partial charge in [0, 0.05) is 26.2 Å². The maximum absolute atomic E-state index is 12.7. The highest BCUT2D eigenvalue weighted by Gasteiger charge is 2.31. The van der Waals surface area contributed by atoms with Crippen molar-refractivity contribution in [3.8, 4) is 0 Å². The van der Waals surface area contributed by atoms with E-state index in [2.05, 4.69) is 0 Å². The number of hydrogen-bond acceptors (Lipinski definition) is 4. The minimum Gasteiger partial charge on any atom is -0.213 e.